The Morgan fingerprint density at radius 3 is 2.56 bits per heavy atom. The van der Waals surface area contributed by atoms with Gasteiger partial charge < -0.3 is 16.0 Å². The van der Waals surface area contributed by atoms with Gasteiger partial charge in [-0.3, -0.25) is 9.69 Å². The Morgan fingerprint density at radius 2 is 1.93 bits per heavy atom. The number of thiazole rings is 1. The van der Waals surface area contributed by atoms with Crippen LogP contribution in [0.15, 0.2) is 24.3 Å². The van der Waals surface area contributed by atoms with Gasteiger partial charge in [0.05, 0.1) is 16.8 Å². The van der Waals surface area contributed by atoms with Gasteiger partial charge in [0.1, 0.15) is 11.0 Å². The van der Waals surface area contributed by atoms with E-state index in [2.05, 4.69) is 21.3 Å². The number of para-hydroxylation sites is 1. The first-order valence-corrected chi connectivity index (χ1v) is 10.2. The smallest absolute Gasteiger partial charge is 0.312 e. The van der Waals surface area contributed by atoms with Gasteiger partial charge in [0, 0.05) is 26.2 Å². The fourth-order valence-electron chi connectivity index (χ4n) is 3.39. The normalized spacial score (nSPS) is 16.6. The summed E-state index contributed by atoms with van der Waals surface area (Å²) in [5, 5.41) is 3.70. The number of hydrogen-bond acceptors (Lipinski definition) is 5. The predicted octanol–water partition coefficient (Wildman–Crippen LogP) is 2.02. The molecule has 1 saturated heterocycles. The number of carbonyl (C=O) groups excluding carboxylic acids is 2. The second-order valence-electron chi connectivity index (χ2n) is 7.37. The highest BCUT2D eigenvalue weighted by atomic mass is 32.1. The van der Waals surface area contributed by atoms with Crippen molar-refractivity contribution in [1.82, 2.24) is 20.1 Å². The Labute approximate surface area is 163 Å². The van der Waals surface area contributed by atoms with Gasteiger partial charge in [-0.15, -0.1) is 11.3 Å². The molecule has 2 heterocycles. The highest BCUT2D eigenvalue weighted by molar-refractivity contribution is 7.18. The maximum atomic E-state index is 12.8. The van der Waals surface area contributed by atoms with Crippen LogP contribution >= 0.6 is 11.3 Å². The molecule has 3 amide bonds. The fraction of sp³-hybridized carbons (Fsp3) is 0.526. The number of aromatic nitrogens is 1. The molecule has 3 rings (SSSR count). The lowest BCUT2D eigenvalue weighted by Crippen LogP contribution is -2.55. The fourth-order valence-corrected chi connectivity index (χ4v) is 4.40. The number of urea groups is 1. The summed E-state index contributed by atoms with van der Waals surface area (Å²) in [5.74, 6) is 0.258. The topological polar surface area (TPSA) is 91.6 Å². The SMILES string of the molecule is CC(C)C[C@@H](NC(N)=O)C(=O)N1CCN(Cc2nc3ccccc3s2)CC1. The van der Waals surface area contributed by atoms with Crippen molar-refractivity contribution in [3.8, 4) is 0 Å². The van der Waals surface area contributed by atoms with E-state index >= 15 is 0 Å². The molecule has 27 heavy (non-hydrogen) atoms. The lowest BCUT2D eigenvalue weighted by molar-refractivity contribution is -0.135. The number of hydrogen-bond donors (Lipinski definition) is 2. The van der Waals surface area contributed by atoms with Crippen molar-refractivity contribution in [3.05, 3.63) is 29.3 Å². The van der Waals surface area contributed by atoms with E-state index in [1.165, 1.54) is 4.70 Å². The van der Waals surface area contributed by atoms with E-state index in [1.807, 2.05) is 36.9 Å². The van der Waals surface area contributed by atoms with Crippen LogP contribution in [0.4, 0.5) is 4.79 Å². The van der Waals surface area contributed by atoms with Crippen molar-refractivity contribution >= 4 is 33.5 Å². The van der Waals surface area contributed by atoms with E-state index in [0.29, 0.717) is 25.4 Å². The second kappa shape index (κ2) is 8.67. The lowest BCUT2D eigenvalue weighted by atomic mass is 10.0. The van der Waals surface area contributed by atoms with Crippen molar-refractivity contribution in [2.45, 2.75) is 32.9 Å². The molecule has 1 aromatic heterocycles. The van der Waals surface area contributed by atoms with Crippen molar-refractivity contribution in [3.63, 3.8) is 0 Å². The van der Waals surface area contributed by atoms with Crippen molar-refractivity contribution in [2.75, 3.05) is 26.2 Å². The predicted molar refractivity (Wildman–Crippen MR) is 107 cm³/mol. The molecule has 7 nitrogen and oxygen atoms in total. The number of rotatable bonds is 6. The number of carbonyl (C=O) groups is 2. The van der Waals surface area contributed by atoms with Crippen LogP contribution in [0.1, 0.15) is 25.3 Å². The van der Waals surface area contributed by atoms with Gasteiger partial charge in [0.25, 0.3) is 0 Å². The number of nitrogens with two attached hydrogens (primary N) is 1. The van der Waals surface area contributed by atoms with Gasteiger partial charge in [-0.1, -0.05) is 26.0 Å². The summed E-state index contributed by atoms with van der Waals surface area (Å²) in [6.07, 6.45) is 0.591. The molecule has 1 aliphatic heterocycles. The van der Waals surface area contributed by atoms with E-state index < -0.39 is 12.1 Å². The molecule has 0 unspecified atom stereocenters. The number of benzene rings is 1. The highest BCUT2D eigenvalue weighted by Crippen LogP contribution is 2.23. The van der Waals surface area contributed by atoms with Crippen molar-refractivity contribution in [1.29, 1.82) is 0 Å². The first-order valence-electron chi connectivity index (χ1n) is 9.34. The molecule has 8 heteroatoms. The molecule has 1 aliphatic rings. The first kappa shape index (κ1) is 19.6. The van der Waals surface area contributed by atoms with Crippen LogP contribution in [0.3, 0.4) is 0 Å². The van der Waals surface area contributed by atoms with Crippen LogP contribution in [0, 0.1) is 5.92 Å². The molecule has 1 atom stereocenters. The maximum absolute atomic E-state index is 12.8. The lowest BCUT2D eigenvalue weighted by Gasteiger charge is -2.36. The summed E-state index contributed by atoms with van der Waals surface area (Å²) in [6, 6.07) is 6.97. The Kier molecular flexibility index (Phi) is 6.28. The quantitative estimate of drug-likeness (QED) is 0.791. The van der Waals surface area contributed by atoms with E-state index in [4.69, 9.17) is 5.73 Å². The third-order valence-electron chi connectivity index (χ3n) is 4.70. The number of primary amides is 1. The summed E-state index contributed by atoms with van der Waals surface area (Å²) >= 11 is 1.72. The van der Waals surface area contributed by atoms with Crippen LogP contribution in [-0.4, -0.2) is 58.9 Å². The third-order valence-corrected chi connectivity index (χ3v) is 5.72. The summed E-state index contributed by atoms with van der Waals surface area (Å²) in [7, 11) is 0. The molecule has 3 N–H and O–H groups in total. The Hall–Kier alpha value is -2.19. The summed E-state index contributed by atoms with van der Waals surface area (Å²) in [6.45, 7) is 7.75. The zero-order valence-corrected chi connectivity index (χ0v) is 16.7. The van der Waals surface area contributed by atoms with Gasteiger partial charge in [-0.2, -0.15) is 0 Å². The number of nitrogens with zero attached hydrogens (tertiary/aromatic N) is 3. The van der Waals surface area contributed by atoms with Crippen molar-refractivity contribution in [2.24, 2.45) is 11.7 Å². The average molecular weight is 390 g/mol. The zero-order chi connectivity index (χ0) is 19.4. The van der Waals surface area contributed by atoms with Crippen LogP contribution < -0.4 is 11.1 Å². The monoisotopic (exact) mass is 389 g/mol. The number of nitrogens with one attached hydrogen (secondary N) is 1. The van der Waals surface area contributed by atoms with Gasteiger partial charge in [0.15, 0.2) is 0 Å². The minimum Gasteiger partial charge on any atom is -0.352 e. The molecule has 0 radical (unpaired) electrons. The van der Waals surface area contributed by atoms with E-state index in [-0.39, 0.29) is 5.91 Å². The molecule has 146 valence electrons. The zero-order valence-electron chi connectivity index (χ0n) is 15.9. The van der Waals surface area contributed by atoms with Crippen LogP contribution in [0.5, 0.6) is 0 Å². The largest absolute Gasteiger partial charge is 0.352 e. The van der Waals surface area contributed by atoms with Crippen LogP contribution in [-0.2, 0) is 11.3 Å². The molecule has 0 spiro atoms. The number of fused-ring (bicyclic) bond motifs is 1. The Morgan fingerprint density at radius 1 is 1.22 bits per heavy atom. The highest BCUT2D eigenvalue weighted by Gasteiger charge is 2.29. The second-order valence-corrected chi connectivity index (χ2v) is 8.48. The van der Waals surface area contributed by atoms with Crippen molar-refractivity contribution < 1.29 is 9.59 Å². The van der Waals surface area contributed by atoms with E-state index in [0.717, 1.165) is 30.2 Å². The first-order chi connectivity index (χ1) is 12.9. The van der Waals surface area contributed by atoms with Crippen LogP contribution in [0.25, 0.3) is 10.2 Å². The Bertz CT molecular complexity index is 765. The molecule has 2 aromatic rings. The van der Waals surface area contributed by atoms with E-state index in [1.54, 1.807) is 11.3 Å². The molecule has 1 fully saturated rings. The minimum absolute atomic E-state index is 0.0397. The van der Waals surface area contributed by atoms with Gasteiger partial charge in [-0.25, -0.2) is 9.78 Å². The molecule has 0 bridgehead atoms. The molecule has 0 aliphatic carbocycles. The molecule has 0 saturated carbocycles. The summed E-state index contributed by atoms with van der Waals surface area (Å²) < 4.78 is 1.20. The summed E-state index contributed by atoms with van der Waals surface area (Å²) in [5.41, 5.74) is 6.28. The van der Waals surface area contributed by atoms with Gasteiger partial charge in [-0.05, 0) is 24.5 Å². The molecular formula is C19H27N5O2S. The van der Waals surface area contributed by atoms with Gasteiger partial charge in [0.2, 0.25) is 5.91 Å². The van der Waals surface area contributed by atoms with Crippen LogP contribution in [0.2, 0.25) is 0 Å². The van der Waals surface area contributed by atoms with Gasteiger partial charge >= 0.3 is 6.03 Å². The summed E-state index contributed by atoms with van der Waals surface area (Å²) in [4.78, 5) is 32.9. The van der Waals surface area contributed by atoms with E-state index in [9.17, 15) is 9.59 Å². The Balaban J connectivity index is 1.55. The molecule has 1 aromatic carbocycles. The standard InChI is InChI=1S/C19H27N5O2S/c1-13(2)11-15(22-19(20)26)18(25)24-9-7-23(8-10-24)12-17-21-14-5-3-4-6-16(14)27-17/h3-6,13,15H,7-12H2,1-2H3,(H3,20,22,26)/t15-/m1/s1. The number of amides is 3. The maximum Gasteiger partial charge on any atom is 0.312 e. The average Bonchev–Trinajstić information content (AvgIpc) is 3.02. The number of piperazine rings is 1. The minimum atomic E-state index is -0.650. The third kappa shape index (κ3) is 5.17. The molecular weight excluding hydrogens is 362 g/mol.